The summed E-state index contributed by atoms with van der Waals surface area (Å²) in [4.78, 5) is 57.9. The quantitative estimate of drug-likeness (QED) is 0.221. The molecule has 178 valence electrons. The number of esters is 1. The average Bonchev–Trinajstić information content (AvgIpc) is 3.17. The van der Waals surface area contributed by atoms with Crippen molar-refractivity contribution in [2.24, 2.45) is 0 Å². The first-order valence-corrected chi connectivity index (χ1v) is 11.6. The lowest BCUT2D eigenvalue weighted by Crippen LogP contribution is -2.31. The summed E-state index contributed by atoms with van der Waals surface area (Å²) in [6.07, 6.45) is 0.851. The molecular weight excluding hydrogens is 456 g/mol. The van der Waals surface area contributed by atoms with Crippen LogP contribution in [0, 0.1) is 6.92 Å². The number of anilines is 1. The van der Waals surface area contributed by atoms with Gasteiger partial charge in [0, 0.05) is 10.9 Å². The van der Waals surface area contributed by atoms with Gasteiger partial charge in [-0.15, -0.1) is 0 Å². The van der Waals surface area contributed by atoms with E-state index < -0.39 is 24.4 Å². The van der Waals surface area contributed by atoms with Gasteiger partial charge in [-0.2, -0.15) is 0 Å². The Labute approximate surface area is 207 Å². The number of pyridine rings is 1. The van der Waals surface area contributed by atoms with Crippen molar-refractivity contribution in [3.63, 3.8) is 0 Å². The van der Waals surface area contributed by atoms with E-state index in [-0.39, 0.29) is 28.2 Å². The van der Waals surface area contributed by atoms with Crippen LogP contribution in [0.2, 0.25) is 0 Å². The van der Waals surface area contributed by atoms with Crippen LogP contribution >= 0.6 is 0 Å². The van der Waals surface area contributed by atoms with Gasteiger partial charge in [0.05, 0.1) is 33.6 Å². The van der Waals surface area contributed by atoms with Crippen molar-refractivity contribution >= 4 is 40.2 Å². The first-order chi connectivity index (χ1) is 17.4. The number of carbonyl (C=O) groups is 4. The average molecular weight is 479 g/mol. The highest BCUT2D eigenvalue weighted by Crippen LogP contribution is 2.35. The number of hydrogen-bond donors (Lipinski definition) is 0. The van der Waals surface area contributed by atoms with Gasteiger partial charge in [-0.1, -0.05) is 61.5 Å². The van der Waals surface area contributed by atoms with Crippen molar-refractivity contribution in [2.75, 3.05) is 11.5 Å². The predicted molar refractivity (Wildman–Crippen MR) is 134 cm³/mol. The van der Waals surface area contributed by atoms with Crippen molar-refractivity contribution in [1.82, 2.24) is 4.98 Å². The molecule has 0 radical (unpaired) electrons. The molecule has 0 unspecified atom stereocenters. The molecule has 36 heavy (non-hydrogen) atoms. The Hall–Kier alpha value is -4.65. The minimum Gasteiger partial charge on any atom is -0.454 e. The Morgan fingerprint density at radius 3 is 2.28 bits per heavy atom. The molecule has 0 atom stereocenters. The zero-order valence-corrected chi connectivity index (χ0v) is 19.8. The molecule has 0 saturated carbocycles. The Morgan fingerprint density at radius 1 is 0.861 bits per heavy atom. The number of ketones is 1. The molecule has 4 aromatic rings. The van der Waals surface area contributed by atoms with E-state index in [0.717, 1.165) is 16.9 Å². The fourth-order valence-electron chi connectivity index (χ4n) is 4.41. The molecule has 5 rings (SSSR count). The largest absolute Gasteiger partial charge is 0.454 e. The maximum absolute atomic E-state index is 13.5. The highest BCUT2D eigenvalue weighted by atomic mass is 16.5. The van der Waals surface area contributed by atoms with E-state index in [1.165, 1.54) is 12.1 Å². The number of ether oxygens (including phenoxy) is 1. The second kappa shape index (κ2) is 9.19. The van der Waals surface area contributed by atoms with Gasteiger partial charge in [-0.05, 0) is 37.1 Å². The number of para-hydroxylation sites is 2. The number of benzene rings is 3. The van der Waals surface area contributed by atoms with Gasteiger partial charge in [0.15, 0.2) is 12.4 Å². The number of imide groups is 1. The smallest absolute Gasteiger partial charge is 0.340 e. The normalized spacial score (nSPS) is 12.7. The van der Waals surface area contributed by atoms with Gasteiger partial charge in [0.2, 0.25) is 0 Å². The zero-order chi connectivity index (χ0) is 25.4. The molecule has 0 aliphatic carbocycles. The molecule has 2 amide bonds. The van der Waals surface area contributed by atoms with Gasteiger partial charge in [0.1, 0.15) is 0 Å². The Balaban J connectivity index is 1.44. The first kappa shape index (κ1) is 23.1. The molecule has 3 aromatic carbocycles. The SMILES string of the molecule is CCc1ccc(C(=O)COC(=O)c2ccccc2N2C(=O)c3c(C)nc4ccccc4c3C2=O)cc1. The van der Waals surface area contributed by atoms with Crippen LogP contribution < -0.4 is 4.90 Å². The lowest BCUT2D eigenvalue weighted by molar-refractivity contribution is 0.0475. The third-order valence-corrected chi connectivity index (χ3v) is 6.29. The minimum atomic E-state index is -0.805. The minimum absolute atomic E-state index is 0.0102. The van der Waals surface area contributed by atoms with Crippen molar-refractivity contribution in [2.45, 2.75) is 20.3 Å². The molecular formula is C29H22N2O5. The number of Topliss-reactive ketones (excluding diaryl/α,β-unsaturated/α-hetero) is 1. The lowest BCUT2D eigenvalue weighted by atomic mass is 10.0. The molecule has 0 spiro atoms. The molecule has 0 saturated heterocycles. The second-order valence-electron chi connectivity index (χ2n) is 8.48. The van der Waals surface area contributed by atoms with E-state index >= 15 is 0 Å². The van der Waals surface area contributed by atoms with E-state index in [1.807, 2.05) is 25.1 Å². The molecule has 1 aliphatic rings. The van der Waals surface area contributed by atoms with Crippen LogP contribution in [0.15, 0.2) is 72.8 Å². The maximum Gasteiger partial charge on any atom is 0.340 e. The van der Waals surface area contributed by atoms with Crippen LogP contribution in [-0.4, -0.2) is 35.2 Å². The zero-order valence-electron chi connectivity index (χ0n) is 19.8. The van der Waals surface area contributed by atoms with E-state index in [1.54, 1.807) is 49.4 Å². The third kappa shape index (κ3) is 3.84. The van der Waals surface area contributed by atoms with Gasteiger partial charge in [-0.25, -0.2) is 9.69 Å². The van der Waals surface area contributed by atoms with Gasteiger partial charge in [-0.3, -0.25) is 19.4 Å². The monoisotopic (exact) mass is 478 g/mol. The number of rotatable bonds is 6. The summed E-state index contributed by atoms with van der Waals surface area (Å²) in [5.41, 5.74) is 3.15. The van der Waals surface area contributed by atoms with E-state index in [2.05, 4.69) is 4.98 Å². The lowest BCUT2D eigenvalue weighted by Gasteiger charge is -2.17. The summed E-state index contributed by atoms with van der Waals surface area (Å²) >= 11 is 0. The fourth-order valence-corrected chi connectivity index (χ4v) is 4.41. The Kier molecular flexibility index (Phi) is 5.90. The first-order valence-electron chi connectivity index (χ1n) is 11.6. The molecule has 7 heteroatoms. The Morgan fingerprint density at radius 2 is 1.53 bits per heavy atom. The number of aryl methyl sites for hydroxylation is 2. The third-order valence-electron chi connectivity index (χ3n) is 6.29. The number of nitrogens with zero attached hydrogens (tertiary/aromatic N) is 2. The molecule has 1 aliphatic heterocycles. The van der Waals surface area contributed by atoms with Crippen molar-refractivity contribution < 1.29 is 23.9 Å². The molecule has 1 aromatic heterocycles. The van der Waals surface area contributed by atoms with Crippen LogP contribution in [0.1, 0.15) is 59.6 Å². The van der Waals surface area contributed by atoms with E-state index in [0.29, 0.717) is 22.2 Å². The summed E-state index contributed by atoms with van der Waals surface area (Å²) < 4.78 is 5.29. The Bertz CT molecular complexity index is 1560. The molecule has 7 nitrogen and oxygen atoms in total. The highest BCUT2D eigenvalue weighted by Gasteiger charge is 2.41. The van der Waals surface area contributed by atoms with Crippen LogP contribution in [0.4, 0.5) is 5.69 Å². The molecule has 0 bridgehead atoms. The summed E-state index contributed by atoms with van der Waals surface area (Å²) in [5.74, 6) is -2.25. The van der Waals surface area contributed by atoms with Gasteiger partial charge >= 0.3 is 5.97 Å². The number of amides is 2. The number of hydrogen-bond acceptors (Lipinski definition) is 6. The van der Waals surface area contributed by atoms with Crippen molar-refractivity contribution in [3.05, 3.63) is 106 Å². The summed E-state index contributed by atoms with van der Waals surface area (Å²) in [7, 11) is 0. The van der Waals surface area contributed by atoms with Crippen LogP contribution in [0.25, 0.3) is 10.9 Å². The number of aromatic nitrogens is 1. The highest BCUT2D eigenvalue weighted by molar-refractivity contribution is 6.38. The number of fused-ring (bicyclic) bond motifs is 3. The van der Waals surface area contributed by atoms with Crippen LogP contribution in [0.5, 0.6) is 0 Å². The summed E-state index contributed by atoms with van der Waals surface area (Å²) in [5, 5.41) is 0.568. The standard InChI is InChI=1S/C29H22N2O5/c1-3-18-12-14-19(15-13-18)24(32)16-36-29(35)21-9-5-7-11-23(21)31-27(33)25-17(2)30-22-10-6-4-8-20(22)26(25)28(31)34/h4-15H,3,16H2,1-2H3. The van der Waals surface area contributed by atoms with E-state index in [4.69, 9.17) is 4.74 Å². The summed E-state index contributed by atoms with van der Waals surface area (Å²) in [6.45, 7) is 3.23. The topological polar surface area (TPSA) is 93.6 Å². The van der Waals surface area contributed by atoms with Gasteiger partial charge < -0.3 is 4.74 Å². The number of carbonyl (C=O) groups excluding carboxylic acids is 4. The van der Waals surface area contributed by atoms with Crippen molar-refractivity contribution in [1.29, 1.82) is 0 Å². The summed E-state index contributed by atoms with van der Waals surface area (Å²) in [6, 6.07) is 20.4. The van der Waals surface area contributed by atoms with Gasteiger partial charge in [0.25, 0.3) is 11.8 Å². The van der Waals surface area contributed by atoms with E-state index in [9.17, 15) is 19.2 Å². The molecule has 0 N–H and O–H groups in total. The fraction of sp³-hybridized carbons (Fsp3) is 0.138. The molecule has 0 fully saturated rings. The maximum atomic E-state index is 13.5. The van der Waals surface area contributed by atoms with Crippen LogP contribution in [0.3, 0.4) is 0 Å². The second-order valence-corrected chi connectivity index (χ2v) is 8.48. The van der Waals surface area contributed by atoms with Crippen molar-refractivity contribution in [3.8, 4) is 0 Å². The van der Waals surface area contributed by atoms with Crippen LogP contribution in [-0.2, 0) is 11.2 Å². The predicted octanol–water partition coefficient (Wildman–Crippen LogP) is 4.95. The molecule has 2 heterocycles.